The second-order valence-corrected chi connectivity index (χ2v) is 5.54. The van der Waals surface area contributed by atoms with Crippen molar-refractivity contribution in [2.24, 2.45) is 5.92 Å². The van der Waals surface area contributed by atoms with E-state index in [1.807, 2.05) is 0 Å². The van der Waals surface area contributed by atoms with Crippen molar-refractivity contribution in [1.82, 2.24) is 5.32 Å². The molecule has 1 N–H and O–H groups in total. The molecule has 19 heavy (non-hydrogen) atoms. The lowest BCUT2D eigenvalue weighted by atomic mass is 10.0. The number of benzene rings is 1. The third kappa shape index (κ3) is 3.60. The normalized spacial score (nSPS) is 19.8. The second-order valence-electron chi connectivity index (χ2n) is 5.54. The molecule has 106 valence electrons. The number of hydrogen-bond donors (Lipinski definition) is 1. The molecule has 1 heterocycles. The molecule has 0 bridgehead atoms. The van der Waals surface area contributed by atoms with Gasteiger partial charge in [0.1, 0.15) is 11.6 Å². The molecule has 1 aliphatic rings. The standard InChI is InChI=1S/C15H23FN2O/c1-11(2)8-12-10-18(7-6-17-12)15-9-13(19-3)4-5-14(15)16/h4-5,9,11-12,17H,6-8,10H2,1-3H3. The van der Waals surface area contributed by atoms with Crippen molar-refractivity contribution in [1.29, 1.82) is 0 Å². The fraction of sp³-hybridized carbons (Fsp3) is 0.600. The van der Waals surface area contributed by atoms with Gasteiger partial charge in [-0.3, -0.25) is 0 Å². The Labute approximate surface area is 114 Å². The Morgan fingerprint density at radius 1 is 1.47 bits per heavy atom. The first kappa shape index (κ1) is 14.1. The summed E-state index contributed by atoms with van der Waals surface area (Å²) in [5.74, 6) is 1.17. The fourth-order valence-electron chi connectivity index (χ4n) is 2.63. The zero-order chi connectivity index (χ0) is 13.8. The third-order valence-corrected chi connectivity index (χ3v) is 3.51. The van der Waals surface area contributed by atoms with E-state index in [1.54, 1.807) is 19.2 Å². The van der Waals surface area contributed by atoms with Crippen molar-refractivity contribution in [2.45, 2.75) is 26.3 Å². The van der Waals surface area contributed by atoms with Gasteiger partial charge in [-0.05, 0) is 24.5 Å². The van der Waals surface area contributed by atoms with E-state index in [0.717, 1.165) is 26.1 Å². The number of piperazine rings is 1. The maximum atomic E-state index is 14.0. The van der Waals surface area contributed by atoms with E-state index in [4.69, 9.17) is 4.74 Å². The number of methoxy groups -OCH3 is 1. The van der Waals surface area contributed by atoms with Crippen LogP contribution in [0.5, 0.6) is 5.75 Å². The summed E-state index contributed by atoms with van der Waals surface area (Å²) in [7, 11) is 1.61. The minimum absolute atomic E-state index is 0.175. The Kier molecular flexibility index (Phi) is 4.64. The van der Waals surface area contributed by atoms with Crippen LogP contribution in [0.15, 0.2) is 18.2 Å². The lowest BCUT2D eigenvalue weighted by Crippen LogP contribution is -2.51. The smallest absolute Gasteiger partial charge is 0.146 e. The summed E-state index contributed by atoms with van der Waals surface area (Å²) in [6.07, 6.45) is 1.11. The van der Waals surface area contributed by atoms with Crippen molar-refractivity contribution in [3.63, 3.8) is 0 Å². The lowest BCUT2D eigenvalue weighted by molar-refractivity contribution is 0.385. The largest absolute Gasteiger partial charge is 0.497 e. The van der Waals surface area contributed by atoms with Crippen molar-refractivity contribution in [3.8, 4) is 5.75 Å². The first-order valence-electron chi connectivity index (χ1n) is 6.92. The highest BCUT2D eigenvalue weighted by atomic mass is 19.1. The Balaban J connectivity index is 2.12. The molecule has 1 atom stereocenters. The molecule has 0 aliphatic carbocycles. The molecule has 0 spiro atoms. The SMILES string of the molecule is COc1ccc(F)c(N2CCNC(CC(C)C)C2)c1. The Bertz CT molecular complexity index is 423. The minimum Gasteiger partial charge on any atom is -0.497 e. The highest BCUT2D eigenvalue weighted by Gasteiger charge is 2.22. The van der Waals surface area contributed by atoms with Crippen LogP contribution in [0.25, 0.3) is 0 Å². The Morgan fingerprint density at radius 2 is 2.26 bits per heavy atom. The Hall–Kier alpha value is -1.29. The number of nitrogens with zero attached hydrogens (tertiary/aromatic N) is 1. The topological polar surface area (TPSA) is 24.5 Å². The van der Waals surface area contributed by atoms with Gasteiger partial charge in [-0.1, -0.05) is 13.8 Å². The number of hydrogen-bond acceptors (Lipinski definition) is 3. The summed E-state index contributed by atoms with van der Waals surface area (Å²) < 4.78 is 19.1. The summed E-state index contributed by atoms with van der Waals surface area (Å²) in [6.45, 7) is 7.01. The highest BCUT2D eigenvalue weighted by molar-refractivity contribution is 5.52. The van der Waals surface area contributed by atoms with E-state index >= 15 is 0 Å². The van der Waals surface area contributed by atoms with Crippen molar-refractivity contribution in [2.75, 3.05) is 31.6 Å². The third-order valence-electron chi connectivity index (χ3n) is 3.51. The summed E-state index contributed by atoms with van der Waals surface area (Å²) in [6, 6.07) is 5.35. The van der Waals surface area contributed by atoms with Crippen LogP contribution >= 0.6 is 0 Å². The molecule has 4 heteroatoms. The van der Waals surface area contributed by atoms with Crippen LogP contribution in [0.4, 0.5) is 10.1 Å². The molecule has 2 rings (SSSR count). The molecule has 3 nitrogen and oxygen atoms in total. The van der Waals surface area contributed by atoms with Gasteiger partial charge in [0.05, 0.1) is 12.8 Å². The van der Waals surface area contributed by atoms with Crippen LogP contribution in [0.1, 0.15) is 20.3 Å². The predicted molar refractivity (Wildman–Crippen MR) is 76.4 cm³/mol. The molecule has 1 unspecified atom stereocenters. The quantitative estimate of drug-likeness (QED) is 0.906. The van der Waals surface area contributed by atoms with E-state index in [1.165, 1.54) is 6.07 Å². The van der Waals surface area contributed by atoms with Crippen molar-refractivity contribution < 1.29 is 9.13 Å². The molecule has 1 fully saturated rings. The molecule has 0 saturated carbocycles. The maximum Gasteiger partial charge on any atom is 0.146 e. The summed E-state index contributed by atoms with van der Waals surface area (Å²) >= 11 is 0. The minimum atomic E-state index is -0.175. The van der Waals surface area contributed by atoms with Crippen molar-refractivity contribution in [3.05, 3.63) is 24.0 Å². The molecule has 0 aromatic heterocycles. The van der Waals surface area contributed by atoms with E-state index < -0.39 is 0 Å². The summed E-state index contributed by atoms with van der Waals surface area (Å²) in [4.78, 5) is 2.11. The number of ether oxygens (including phenoxy) is 1. The first-order chi connectivity index (χ1) is 9.10. The Morgan fingerprint density at radius 3 is 2.95 bits per heavy atom. The number of halogens is 1. The average molecular weight is 266 g/mol. The van der Waals surface area contributed by atoms with Crippen LogP contribution in [0, 0.1) is 11.7 Å². The monoisotopic (exact) mass is 266 g/mol. The zero-order valence-electron chi connectivity index (χ0n) is 11.9. The van der Waals surface area contributed by atoms with E-state index in [9.17, 15) is 4.39 Å². The van der Waals surface area contributed by atoms with Crippen LogP contribution in [0.2, 0.25) is 0 Å². The van der Waals surface area contributed by atoms with Crippen molar-refractivity contribution >= 4 is 5.69 Å². The molecule has 1 aliphatic heterocycles. The maximum absolute atomic E-state index is 14.0. The van der Waals surface area contributed by atoms with E-state index in [2.05, 4.69) is 24.1 Å². The van der Waals surface area contributed by atoms with Gasteiger partial charge in [0.2, 0.25) is 0 Å². The van der Waals surface area contributed by atoms with Gasteiger partial charge in [0.15, 0.2) is 0 Å². The van der Waals surface area contributed by atoms with Gasteiger partial charge in [-0.2, -0.15) is 0 Å². The second kappa shape index (κ2) is 6.24. The van der Waals surface area contributed by atoms with Gasteiger partial charge >= 0.3 is 0 Å². The first-order valence-corrected chi connectivity index (χ1v) is 6.92. The number of anilines is 1. The molecular weight excluding hydrogens is 243 g/mol. The van der Waals surface area contributed by atoms with Gasteiger partial charge < -0.3 is 15.0 Å². The van der Waals surface area contributed by atoms with Gasteiger partial charge in [0, 0.05) is 31.7 Å². The highest BCUT2D eigenvalue weighted by Crippen LogP contribution is 2.26. The molecule has 1 aromatic carbocycles. The van der Waals surface area contributed by atoms with Crippen LogP contribution in [0.3, 0.4) is 0 Å². The predicted octanol–water partition coefficient (Wildman–Crippen LogP) is 2.66. The summed E-state index contributed by atoms with van der Waals surface area (Å²) in [5, 5.41) is 3.50. The zero-order valence-corrected chi connectivity index (χ0v) is 11.9. The van der Waals surface area contributed by atoms with Crippen LogP contribution in [-0.4, -0.2) is 32.8 Å². The number of nitrogens with one attached hydrogen (secondary N) is 1. The molecule has 1 saturated heterocycles. The fourth-order valence-corrected chi connectivity index (χ4v) is 2.63. The molecular formula is C15H23FN2O. The lowest BCUT2D eigenvalue weighted by Gasteiger charge is -2.36. The molecule has 0 amide bonds. The van der Waals surface area contributed by atoms with E-state index in [-0.39, 0.29) is 5.82 Å². The molecule has 0 radical (unpaired) electrons. The van der Waals surface area contributed by atoms with Crippen LogP contribution in [-0.2, 0) is 0 Å². The average Bonchev–Trinajstić information content (AvgIpc) is 2.39. The van der Waals surface area contributed by atoms with Gasteiger partial charge in [-0.25, -0.2) is 4.39 Å². The molecule has 1 aromatic rings. The van der Waals surface area contributed by atoms with Gasteiger partial charge in [-0.15, -0.1) is 0 Å². The number of rotatable bonds is 4. The van der Waals surface area contributed by atoms with Gasteiger partial charge in [0.25, 0.3) is 0 Å². The van der Waals surface area contributed by atoms with E-state index in [0.29, 0.717) is 23.4 Å². The van der Waals surface area contributed by atoms with Crippen LogP contribution < -0.4 is 15.0 Å². The summed E-state index contributed by atoms with van der Waals surface area (Å²) in [5.41, 5.74) is 0.648.